The lowest BCUT2D eigenvalue weighted by atomic mass is 9.95. The van der Waals surface area contributed by atoms with Gasteiger partial charge in [0.2, 0.25) is 0 Å². The van der Waals surface area contributed by atoms with Crippen LogP contribution in [0.2, 0.25) is 0 Å². The van der Waals surface area contributed by atoms with Crippen LogP contribution < -0.4 is 14.4 Å². The van der Waals surface area contributed by atoms with Crippen LogP contribution in [-0.4, -0.2) is 102 Å². The Morgan fingerprint density at radius 1 is 0.981 bits per heavy atom. The van der Waals surface area contributed by atoms with Crippen LogP contribution in [0.25, 0.3) is 21.7 Å². The van der Waals surface area contributed by atoms with Crippen LogP contribution in [0.4, 0.5) is 19.4 Å². The summed E-state index contributed by atoms with van der Waals surface area (Å²) in [5.41, 5.74) is -0.0814. The largest absolute Gasteiger partial charge is 0.468 e. The van der Waals surface area contributed by atoms with Crippen molar-refractivity contribution >= 4 is 33.6 Å². The second-order valence-corrected chi connectivity index (χ2v) is 15.7. The molecule has 0 aliphatic carbocycles. The van der Waals surface area contributed by atoms with Crippen molar-refractivity contribution in [1.82, 2.24) is 19.8 Å². The number of hydrogen-bond donors (Lipinski definition) is 0. The first-order valence-electron chi connectivity index (χ1n) is 18.5. The van der Waals surface area contributed by atoms with E-state index in [0.717, 1.165) is 43.0 Å². The lowest BCUT2D eigenvalue weighted by Gasteiger charge is -2.42. The number of nitrogens with zero attached hydrogens (tertiary/aromatic N) is 5. The van der Waals surface area contributed by atoms with Gasteiger partial charge in [-0.25, -0.2) is 13.6 Å². The van der Waals surface area contributed by atoms with Crippen molar-refractivity contribution in [3.63, 3.8) is 0 Å². The van der Waals surface area contributed by atoms with Crippen LogP contribution in [0.1, 0.15) is 64.0 Å². The van der Waals surface area contributed by atoms with E-state index < -0.39 is 23.1 Å². The highest BCUT2D eigenvalue weighted by molar-refractivity contribution is 5.92. The number of benzene rings is 3. The minimum Gasteiger partial charge on any atom is -0.468 e. The van der Waals surface area contributed by atoms with Gasteiger partial charge >= 0.3 is 12.1 Å². The lowest BCUT2D eigenvalue weighted by molar-refractivity contribution is 0.0122. The molecule has 0 saturated carbocycles. The standard InChI is InChI=1S/C41H45F2N5O5/c1-40(2,3)53-39(49)48-30-13-14-31(48)23-46(22-30)37-34-15-12-26(10-11-28-19-32(52-25-50-4)18-27-8-5-6-9-33(27)28)35(43)36(34)44-38(45-37)51-24-41-16-7-17-47(41)21-29(42)20-41/h5-6,8-9,12,15,18-19,29-31H,7,13-14,16-17,20-25H2,1-4H3/t29-,30-,31+,41+/m1/s1. The molecule has 0 N–H and O–H groups in total. The Hall–Kier alpha value is -4.73. The zero-order chi connectivity index (χ0) is 36.9. The third-order valence-corrected chi connectivity index (χ3v) is 10.9. The number of ether oxygens (including phenoxy) is 4. The number of rotatable bonds is 7. The van der Waals surface area contributed by atoms with Gasteiger partial charge in [-0.2, -0.15) is 9.97 Å². The van der Waals surface area contributed by atoms with E-state index in [-0.39, 0.29) is 48.7 Å². The fourth-order valence-electron chi connectivity index (χ4n) is 8.60. The van der Waals surface area contributed by atoms with Gasteiger partial charge in [0.25, 0.3) is 0 Å². The number of piperazine rings is 1. The van der Waals surface area contributed by atoms with E-state index in [1.54, 1.807) is 13.2 Å². The molecule has 4 aliphatic rings. The molecule has 10 nitrogen and oxygen atoms in total. The number of fused-ring (bicyclic) bond motifs is 5. The summed E-state index contributed by atoms with van der Waals surface area (Å²) in [6, 6.07) is 14.9. The van der Waals surface area contributed by atoms with Crippen LogP contribution in [-0.2, 0) is 9.47 Å². The summed E-state index contributed by atoms with van der Waals surface area (Å²) in [5.74, 6) is 6.77. The molecule has 4 saturated heterocycles. The highest BCUT2D eigenvalue weighted by Gasteiger charge is 2.50. The van der Waals surface area contributed by atoms with Crippen LogP contribution in [0, 0.1) is 17.7 Å². The van der Waals surface area contributed by atoms with Gasteiger partial charge in [-0.1, -0.05) is 36.1 Å². The summed E-state index contributed by atoms with van der Waals surface area (Å²) < 4.78 is 54.2. The maximum absolute atomic E-state index is 16.7. The number of halogens is 2. The van der Waals surface area contributed by atoms with Crippen molar-refractivity contribution in [1.29, 1.82) is 0 Å². The van der Waals surface area contributed by atoms with Gasteiger partial charge < -0.3 is 23.8 Å². The molecule has 1 aromatic heterocycles. The van der Waals surface area contributed by atoms with E-state index in [1.807, 2.05) is 68.1 Å². The van der Waals surface area contributed by atoms with Crippen molar-refractivity contribution in [3.05, 3.63) is 65.5 Å². The third kappa shape index (κ3) is 6.93. The second-order valence-electron chi connectivity index (χ2n) is 15.7. The number of hydrogen-bond acceptors (Lipinski definition) is 9. The van der Waals surface area contributed by atoms with Crippen molar-refractivity contribution in [2.75, 3.05) is 51.6 Å². The molecule has 8 rings (SSSR count). The monoisotopic (exact) mass is 725 g/mol. The first-order valence-corrected chi connectivity index (χ1v) is 18.5. The maximum atomic E-state index is 16.7. The van der Waals surface area contributed by atoms with Crippen LogP contribution in [0.15, 0.2) is 48.5 Å². The molecule has 5 heterocycles. The molecule has 4 aromatic rings. The first kappa shape index (κ1) is 35.3. The smallest absolute Gasteiger partial charge is 0.410 e. The predicted molar refractivity (Wildman–Crippen MR) is 198 cm³/mol. The molecule has 1 amide bonds. The average molecular weight is 726 g/mol. The average Bonchev–Trinajstić information content (AvgIpc) is 3.75. The van der Waals surface area contributed by atoms with E-state index in [2.05, 4.69) is 26.6 Å². The fourth-order valence-corrected chi connectivity index (χ4v) is 8.60. The highest BCUT2D eigenvalue weighted by Crippen LogP contribution is 2.41. The van der Waals surface area contributed by atoms with E-state index >= 15 is 4.39 Å². The van der Waals surface area contributed by atoms with Gasteiger partial charge in [0.05, 0.1) is 23.2 Å². The normalized spacial score (nSPS) is 24.0. The lowest BCUT2D eigenvalue weighted by Crippen LogP contribution is -2.57. The molecule has 4 fully saturated rings. The van der Waals surface area contributed by atoms with E-state index in [9.17, 15) is 9.18 Å². The van der Waals surface area contributed by atoms with Gasteiger partial charge in [0.15, 0.2) is 12.6 Å². The molecule has 12 heteroatoms. The maximum Gasteiger partial charge on any atom is 0.410 e. The van der Waals surface area contributed by atoms with Crippen molar-refractivity contribution in [2.45, 2.75) is 82.3 Å². The fraction of sp³-hybridized carbons (Fsp3) is 0.488. The summed E-state index contributed by atoms with van der Waals surface area (Å²) in [5, 5.41) is 2.37. The molecule has 53 heavy (non-hydrogen) atoms. The zero-order valence-corrected chi connectivity index (χ0v) is 30.7. The Balaban J connectivity index is 1.16. The Morgan fingerprint density at radius 2 is 1.75 bits per heavy atom. The van der Waals surface area contributed by atoms with Gasteiger partial charge in [-0.05, 0) is 88.0 Å². The number of anilines is 1. The number of alkyl halides is 1. The van der Waals surface area contributed by atoms with Gasteiger partial charge in [0, 0.05) is 44.1 Å². The molecule has 3 aromatic carbocycles. The number of methoxy groups -OCH3 is 1. The topological polar surface area (TPSA) is 89.5 Å². The van der Waals surface area contributed by atoms with Crippen molar-refractivity contribution in [2.24, 2.45) is 0 Å². The number of carbonyl (C=O) groups is 1. The van der Waals surface area contributed by atoms with Crippen LogP contribution in [0.5, 0.6) is 11.8 Å². The molecule has 278 valence electrons. The van der Waals surface area contributed by atoms with E-state index in [0.29, 0.717) is 48.6 Å². The molecule has 4 atom stereocenters. The summed E-state index contributed by atoms with van der Waals surface area (Å²) in [7, 11) is 1.56. The summed E-state index contributed by atoms with van der Waals surface area (Å²) in [6.45, 7) is 8.12. The second kappa shape index (κ2) is 13.9. The Bertz CT molecular complexity index is 2100. The Labute approximate surface area is 308 Å². The van der Waals surface area contributed by atoms with E-state index in [4.69, 9.17) is 23.9 Å². The minimum atomic E-state index is -0.911. The van der Waals surface area contributed by atoms with E-state index in [1.165, 1.54) is 0 Å². The Morgan fingerprint density at radius 3 is 2.53 bits per heavy atom. The van der Waals surface area contributed by atoms with Gasteiger partial charge in [-0.3, -0.25) is 9.80 Å². The minimum absolute atomic E-state index is 0.0379. The Kier molecular flexibility index (Phi) is 9.27. The predicted octanol–water partition coefficient (Wildman–Crippen LogP) is 6.85. The molecule has 4 aliphatic heterocycles. The molecule has 2 bridgehead atoms. The SMILES string of the molecule is COCOc1cc(C#Cc2ccc3c(N4C[C@H]5CC[C@@H](C4)N5C(=O)OC(C)(C)C)nc(OC[C@@]45CCCN4C[C@H](F)C5)nc3c2F)c2ccccc2c1. The third-order valence-electron chi connectivity index (χ3n) is 10.9. The number of amides is 1. The molecule has 0 radical (unpaired) electrons. The molecule has 0 spiro atoms. The summed E-state index contributed by atoms with van der Waals surface area (Å²) in [4.78, 5) is 28.9. The van der Waals surface area contributed by atoms with Crippen molar-refractivity contribution in [3.8, 4) is 23.6 Å². The van der Waals surface area contributed by atoms with Crippen molar-refractivity contribution < 1.29 is 32.5 Å². The first-order chi connectivity index (χ1) is 25.5. The summed E-state index contributed by atoms with van der Waals surface area (Å²) in [6.07, 6.45) is 2.62. The highest BCUT2D eigenvalue weighted by atomic mass is 19.1. The zero-order valence-electron chi connectivity index (χ0n) is 30.7. The molecular formula is C41H45F2N5O5. The molecular weight excluding hydrogens is 680 g/mol. The quantitative estimate of drug-likeness (QED) is 0.150. The summed E-state index contributed by atoms with van der Waals surface area (Å²) >= 11 is 0. The van der Waals surface area contributed by atoms with Gasteiger partial charge in [-0.15, -0.1) is 0 Å². The number of carbonyl (C=O) groups excluding carboxylic acids is 1. The van der Waals surface area contributed by atoms with Crippen LogP contribution in [0.3, 0.4) is 0 Å². The van der Waals surface area contributed by atoms with Crippen LogP contribution >= 0.6 is 0 Å². The molecule has 0 unspecified atom stereocenters. The number of aromatic nitrogens is 2. The van der Waals surface area contributed by atoms with Gasteiger partial charge in [0.1, 0.15) is 35.5 Å².